The van der Waals surface area contributed by atoms with Crippen LogP contribution in [0.5, 0.6) is 0 Å². The van der Waals surface area contributed by atoms with Crippen molar-refractivity contribution in [3.8, 4) is 0 Å². The van der Waals surface area contributed by atoms with Crippen molar-refractivity contribution in [3.05, 3.63) is 70.4 Å². The molecule has 0 unspecified atom stereocenters. The van der Waals surface area contributed by atoms with Gasteiger partial charge in [-0.15, -0.1) is 0 Å². The fourth-order valence-corrected chi connectivity index (χ4v) is 3.77. The Morgan fingerprint density at radius 1 is 1.04 bits per heavy atom. The van der Waals surface area contributed by atoms with E-state index in [2.05, 4.69) is 41.1 Å². The lowest BCUT2D eigenvalue weighted by molar-refractivity contribution is 0.0628. The van der Waals surface area contributed by atoms with Crippen molar-refractivity contribution in [1.29, 1.82) is 0 Å². The summed E-state index contributed by atoms with van der Waals surface area (Å²) in [6.45, 7) is 6.33. The van der Waals surface area contributed by atoms with Crippen LogP contribution in [0.15, 0.2) is 48.5 Å². The molecule has 1 N–H and O–H groups in total. The summed E-state index contributed by atoms with van der Waals surface area (Å²) in [6.07, 6.45) is 0. The zero-order chi connectivity index (χ0) is 18.1. The third-order valence-corrected chi connectivity index (χ3v) is 5.41. The summed E-state index contributed by atoms with van der Waals surface area (Å²) in [4.78, 5) is 20.4. The van der Waals surface area contributed by atoms with E-state index in [-0.39, 0.29) is 5.91 Å². The number of rotatable bonds is 3. The van der Waals surface area contributed by atoms with Crippen molar-refractivity contribution < 1.29 is 4.79 Å². The van der Waals surface area contributed by atoms with E-state index >= 15 is 0 Å². The normalized spacial score (nSPS) is 15.5. The predicted molar refractivity (Wildman–Crippen MR) is 106 cm³/mol. The molecular weight excluding hydrogens is 346 g/mol. The highest BCUT2D eigenvalue weighted by atomic mass is 35.5. The largest absolute Gasteiger partial charge is 0.358 e. The van der Waals surface area contributed by atoms with Crippen molar-refractivity contribution in [2.75, 3.05) is 26.2 Å². The number of amides is 1. The molecule has 0 radical (unpaired) electrons. The van der Waals surface area contributed by atoms with Gasteiger partial charge in [0.2, 0.25) is 0 Å². The molecule has 26 heavy (non-hydrogen) atoms. The average Bonchev–Trinajstić information content (AvgIpc) is 2.98. The van der Waals surface area contributed by atoms with Gasteiger partial charge in [0.05, 0.1) is 0 Å². The van der Waals surface area contributed by atoms with E-state index in [9.17, 15) is 4.79 Å². The molecule has 0 aliphatic carbocycles. The molecule has 1 aliphatic rings. The number of halogens is 1. The van der Waals surface area contributed by atoms with E-state index in [1.54, 1.807) is 24.3 Å². The number of carbonyl (C=O) groups is 1. The van der Waals surface area contributed by atoms with Crippen molar-refractivity contribution in [2.24, 2.45) is 0 Å². The molecule has 0 spiro atoms. The van der Waals surface area contributed by atoms with Gasteiger partial charge < -0.3 is 9.88 Å². The maximum Gasteiger partial charge on any atom is 0.253 e. The molecule has 1 aliphatic heterocycles. The Hall–Kier alpha value is -2.30. The second kappa shape index (κ2) is 7.14. The van der Waals surface area contributed by atoms with E-state index in [0.29, 0.717) is 10.6 Å². The van der Waals surface area contributed by atoms with Gasteiger partial charge in [-0.05, 0) is 42.8 Å². The molecule has 4 rings (SSSR count). The Bertz CT molecular complexity index is 924. The minimum absolute atomic E-state index is 0.0876. The lowest BCUT2D eigenvalue weighted by atomic mass is 10.1. The van der Waals surface area contributed by atoms with Crippen LogP contribution in [0.3, 0.4) is 0 Å². The predicted octanol–water partition coefficient (Wildman–Crippen LogP) is 4.09. The number of para-hydroxylation sites is 1. The van der Waals surface area contributed by atoms with E-state index in [0.717, 1.165) is 32.7 Å². The van der Waals surface area contributed by atoms with Gasteiger partial charge in [-0.25, -0.2) is 0 Å². The number of piperazine rings is 1. The van der Waals surface area contributed by atoms with Crippen LogP contribution < -0.4 is 0 Å². The average molecular weight is 368 g/mol. The quantitative estimate of drug-likeness (QED) is 0.757. The first kappa shape index (κ1) is 17.1. The molecule has 1 fully saturated rings. The highest BCUT2D eigenvalue weighted by Gasteiger charge is 2.23. The number of benzene rings is 2. The molecule has 3 aromatic rings. The number of fused-ring (bicyclic) bond motifs is 1. The van der Waals surface area contributed by atoms with E-state index in [1.807, 2.05) is 4.90 Å². The third-order valence-electron chi connectivity index (χ3n) is 5.16. The van der Waals surface area contributed by atoms with Crippen molar-refractivity contribution in [3.63, 3.8) is 0 Å². The summed E-state index contributed by atoms with van der Waals surface area (Å²) in [5, 5.41) is 1.95. The van der Waals surface area contributed by atoms with Gasteiger partial charge in [0.15, 0.2) is 0 Å². The summed E-state index contributed by atoms with van der Waals surface area (Å²) in [5.74, 6) is 0.0876. The van der Waals surface area contributed by atoms with Crippen LogP contribution >= 0.6 is 11.6 Å². The van der Waals surface area contributed by atoms with Crippen LogP contribution in [-0.2, 0) is 6.54 Å². The Labute approximate surface area is 158 Å². The Morgan fingerprint density at radius 3 is 2.46 bits per heavy atom. The summed E-state index contributed by atoms with van der Waals surface area (Å²) in [5.41, 5.74) is 4.48. The van der Waals surface area contributed by atoms with Gasteiger partial charge in [-0.2, -0.15) is 0 Å². The molecule has 134 valence electrons. The second-order valence-corrected chi connectivity index (χ2v) is 7.29. The maximum absolute atomic E-state index is 12.6. The van der Waals surface area contributed by atoms with Crippen molar-refractivity contribution in [1.82, 2.24) is 14.8 Å². The molecule has 1 saturated heterocycles. The number of hydrogen-bond donors (Lipinski definition) is 1. The first-order valence-corrected chi connectivity index (χ1v) is 9.33. The number of aromatic amines is 1. The van der Waals surface area contributed by atoms with Gasteiger partial charge in [-0.1, -0.05) is 29.8 Å². The number of nitrogens with one attached hydrogen (secondary N) is 1. The molecule has 2 aromatic carbocycles. The molecule has 0 atom stereocenters. The summed E-state index contributed by atoms with van der Waals surface area (Å²) in [7, 11) is 0. The molecule has 1 amide bonds. The SMILES string of the molecule is Cc1[nH]c2ccccc2c1CN1CCN(C(=O)c2ccc(Cl)cc2)CC1. The minimum atomic E-state index is 0.0876. The smallest absolute Gasteiger partial charge is 0.253 e. The topological polar surface area (TPSA) is 39.3 Å². The lowest BCUT2D eigenvalue weighted by Crippen LogP contribution is -2.48. The molecule has 0 bridgehead atoms. The van der Waals surface area contributed by atoms with Crippen LogP contribution in [0, 0.1) is 6.92 Å². The molecule has 1 aromatic heterocycles. The maximum atomic E-state index is 12.6. The van der Waals surface area contributed by atoms with Gasteiger partial charge in [-0.3, -0.25) is 9.69 Å². The van der Waals surface area contributed by atoms with Crippen molar-refractivity contribution >= 4 is 28.4 Å². The summed E-state index contributed by atoms with van der Waals surface area (Å²) in [6, 6.07) is 15.6. The molecule has 5 heteroatoms. The number of aryl methyl sites for hydroxylation is 1. The fraction of sp³-hybridized carbons (Fsp3) is 0.286. The van der Waals surface area contributed by atoms with E-state index in [1.165, 1.54) is 22.2 Å². The number of hydrogen-bond acceptors (Lipinski definition) is 2. The molecular formula is C21H22ClN3O. The van der Waals surface area contributed by atoms with Crippen LogP contribution in [0.4, 0.5) is 0 Å². The van der Waals surface area contributed by atoms with Crippen LogP contribution in [0.2, 0.25) is 5.02 Å². The van der Waals surface area contributed by atoms with Gasteiger partial charge >= 0.3 is 0 Å². The number of nitrogens with zero attached hydrogens (tertiary/aromatic N) is 2. The lowest BCUT2D eigenvalue weighted by Gasteiger charge is -2.34. The van der Waals surface area contributed by atoms with E-state index < -0.39 is 0 Å². The molecule has 0 saturated carbocycles. The zero-order valence-corrected chi connectivity index (χ0v) is 15.6. The first-order valence-electron chi connectivity index (χ1n) is 8.95. The molecule has 2 heterocycles. The highest BCUT2D eigenvalue weighted by Crippen LogP contribution is 2.24. The van der Waals surface area contributed by atoms with Gasteiger partial charge in [0, 0.05) is 59.9 Å². The molecule has 4 nitrogen and oxygen atoms in total. The second-order valence-electron chi connectivity index (χ2n) is 6.85. The van der Waals surface area contributed by atoms with Crippen LogP contribution in [0.25, 0.3) is 10.9 Å². The third kappa shape index (κ3) is 3.35. The van der Waals surface area contributed by atoms with Crippen LogP contribution in [0.1, 0.15) is 21.6 Å². The number of carbonyl (C=O) groups excluding carboxylic acids is 1. The van der Waals surface area contributed by atoms with Crippen molar-refractivity contribution in [2.45, 2.75) is 13.5 Å². The highest BCUT2D eigenvalue weighted by molar-refractivity contribution is 6.30. The van der Waals surface area contributed by atoms with Gasteiger partial charge in [0.25, 0.3) is 5.91 Å². The first-order chi connectivity index (χ1) is 12.6. The Kier molecular flexibility index (Phi) is 4.70. The summed E-state index contributed by atoms with van der Waals surface area (Å²) >= 11 is 5.91. The summed E-state index contributed by atoms with van der Waals surface area (Å²) < 4.78 is 0. The fourth-order valence-electron chi connectivity index (χ4n) is 3.65. The van der Waals surface area contributed by atoms with E-state index in [4.69, 9.17) is 11.6 Å². The number of aromatic nitrogens is 1. The Balaban J connectivity index is 1.41. The number of H-pyrrole nitrogens is 1. The van der Waals surface area contributed by atoms with Crippen LogP contribution in [-0.4, -0.2) is 46.9 Å². The minimum Gasteiger partial charge on any atom is -0.358 e. The Morgan fingerprint density at radius 2 is 1.73 bits per heavy atom. The van der Waals surface area contributed by atoms with Gasteiger partial charge in [0.1, 0.15) is 0 Å². The zero-order valence-electron chi connectivity index (χ0n) is 14.8. The monoisotopic (exact) mass is 367 g/mol. The standard InChI is InChI=1S/C21H22ClN3O/c1-15-19(18-4-2-3-5-20(18)23-15)14-24-10-12-25(13-11-24)21(26)16-6-8-17(22)9-7-16/h2-9,23H,10-14H2,1H3.